The molecule has 0 N–H and O–H groups in total. The van der Waals surface area contributed by atoms with Gasteiger partial charge in [-0.15, -0.1) is 0 Å². The molecule has 0 fully saturated rings. The minimum Gasteiger partial charge on any atom is -0.493 e. The number of hydrogen-bond acceptors (Lipinski definition) is 8. The van der Waals surface area contributed by atoms with Crippen molar-refractivity contribution < 1.29 is 33.2 Å². The van der Waals surface area contributed by atoms with E-state index in [1.807, 2.05) is 0 Å². The number of methoxy groups -OCH3 is 5. The predicted molar refractivity (Wildman–Crippen MR) is 116 cm³/mol. The minimum absolute atomic E-state index is 0.0142. The monoisotopic (exact) mass is 429 g/mol. The van der Waals surface area contributed by atoms with Gasteiger partial charge in [-0.25, -0.2) is 0 Å². The van der Waals surface area contributed by atoms with Crippen LogP contribution >= 0.6 is 0 Å². The first kappa shape index (κ1) is 23.9. The van der Waals surface area contributed by atoms with E-state index >= 15 is 0 Å². The summed E-state index contributed by atoms with van der Waals surface area (Å²) in [5.41, 5.74) is 1.82. The van der Waals surface area contributed by atoms with E-state index in [1.54, 1.807) is 57.7 Å². The number of benzene rings is 2. The van der Waals surface area contributed by atoms with Crippen molar-refractivity contribution in [1.82, 2.24) is 0 Å². The second kappa shape index (κ2) is 12.3. The van der Waals surface area contributed by atoms with Crippen molar-refractivity contribution in [1.29, 1.82) is 5.26 Å². The van der Waals surface area contributed by atoms with Crippen molar-refractivity contribution in [2.24, 2.45) is 0 Å². The van der Waals surface area contributed by atoms with Gasteiger partial charge in [-0.2, -0.15) is 5.26 Å². The van der Waals surface area contributed by atoms with Crippen molar-refractivity contribution in [3.05, 3.63) is 41.5 Å². The molecule has 0 aliphatic carbocycles. The molecule has 166 valence electrons. The van der Waals surface area contributed by atoms with Gasteiger partial charge in [0.25, 0.3) is 0 Å². The molecule has 0 amide bonds. The first-order valence-electron chi connectivity index (χ1n) is 9.41. The third-order valence-electron chi connectivity index (χ3n) is 4.33. The van der Waals surface area contributed by atoms with E-state index in [0.29, 0.717) is 58.7 Å². The van der Waals surface area contributed by atoms with Crippen LogP contribution in [0.2, 0.25) is 0 Å². The van der Waals surface area contributed by atoms with Gasteiger partial charge < -0.3 is 33.2 Å². The summed E-state index contributed by atoms with van der Waals surface area (Å²) >= 11 is 0. The fraction of sp³-hybridized carbons (Fsp3) is 0.348. The zero-order valence-electron chi connectivity index (χ0n) is 18.4. The fourth-order valence-electron chi connectivity index (χ4n) is 2.78. The van der Waals surface area contributed by atoms with Crippen molar-refractivity contribution in [2.45, 2.75) is 0 Å². The number of nitriles is 1. The third kappa shape index (κ3) is 6.28. The van der Waals surface area contributed by atoms with E-state index in [9.17, 15) is 5.26 Å². The Hall–Kier alpha value is -3.41. The van der Waals surface area contributed by atoms with E-state index in [1.165, 1.54) is 14.2 Å². The van der Waals surface area contributed by atoms with Gasteiger partial charge >= 0.3 is 0 Å². The summed E-state index contributed by atoms with van der Waals surface area (Å²) in [5, 5.41) is 9.72. The third-order valence-corrected chi connectivity index (χ3v) is 4.33. The number of rotatable bonds is 12. The smallest absolute Gasteiger partial charge is 0.206 e. The molecule has 0 unspecified atom stereocenters. The number of hydrogen-bond donors (Lipinski definition) is 0. The highest BCUT2D eigenvalue weighted by molar-refractivity contribution is 5.90. The number of allylic oxidation sites excluding steroid dienone is 1. The zero-order valence-corrected chi connectivity index (χ0v) is 18.4. The molecule has 0 saturated heterocycles. The average Bonchev–Trinajstić information content (AvgIpc) is 2.81. The van der Waals surface area contributed by atoms with Gasteiger partial charge in [-0.1, -0.05) is 0 Å². The molecule has 8 nitrogen and oxygen atoms in total. The second-order valence-corrected chi connectivity index (χ2v) is 6.16. The van der Waals surface area contributed by atoms with Gasteiger partial charge in [0.1, 0.15) is 0 Å². The Kier molecular flexibility index (Phi) is 9.49. The van der Waals surface area contributed by atoms with Gasteiger partial charge in [0.15, 0.2) is 29.8 Å². The molecule has 0 aromatic heterocycles. The van der Waals surface area contributed by atoms with Gasteiger partial charge in [0.2, 0.25) is 5.75 Å². The molecule has 31 heavy (non-hydrogen) atoms. The summed E-state index contributed by atoms with van der Waals surface area (Å²) in [7, 11) is 7.76. The highest BCUT2D eigenvalue weighted by Crippen LogP contribution is 2.40. The molecule has 0 spiro atoms. The largest absolute Gasteiger partial charge is 0.493 e. The number of ether oxygens (including phenoxy) is 7. The summed E-state index contributed by atoms with van der Waals surface area (Å²) in [4.78, 5) is 0. The van der Waals surface area contributed by atoms with E-state index in [2.05, 4.69) is 6.07 Å². The first-order chi connectivity index (χ1) is 15.1. The molecule has 0 atom stereocenters. The van der Waals surface area contributed by atoms with E-state index in [4.69, 9.17) is 33.2 Å². The highest BCUT2D eigenvalue weighted by atomic mass is 16.7. The van der Waals surface area contributed by atoms with Crippen LogP contribution in [-0.2, 0) is 9.47 Å². The topological polar surface area (TPSA) is 88.4 Å². The van der Waals surface area contributed by atoms with Crippen molar-refractivity contribution in [3.63, 3.8) is 0 Å². The van der Waals surface area contributed by atoms with E-state index in [-0.39, 0.29) is 6.79 Å². The fourth-order valence-corrected chi connectivity index (χ4v) is 2.78. The lowest BCUT2D eigenvalue weighted by atomic mass is 10.0. The highest BCUT2D eigenvalue weighted by Gasteiger charge is 2.15. The molecule has 8 heteroatoms. The van der Waals surface area contributed by atoms with Gasteiger partial charge in [-0.05, 0) is 47.5 Å². The van der Waals surface area contributed by atoms with Crippen LogP contribution in [0, 0.1) is 11.3 Å². The quantitative estimate of drug-likeness (QED) is 0.218. The molecule has 0 heterocycles. The van der Waals surface area contributed by atoms with Crippen LogP contribution in [0.3, 0.4) is 0 Å². The summed E-state index contributed by atoms with van der Waals surface area (Å²) in [6, 6.07) is 11.0. The normalized spacial score (nSPS) is 10.9. The summed E-state index contributed by atoms with van der Waals surface area (Å²) in [6.45, 7) is 0.883. The molecule has 2 aromatic rings. The molecular formula is C23H27NO7. The Morgan fingerprint density at radius 2 is 1.48 bits per heavy atom. The summed E-state index contributed by atoms with van der Waals surface area (Å²) in [5.74, 6) is 2.43. The van der Waals surface area contributed by atoms with Crippen LogP contribution in [0.25, 0.3) is 11.6 Å². The van der Waals surface area contributed by atoms with Gasteiger partial charge in [0, 0.05) is 7.11 Å². The SMILES string of the molecule is COCCOCOc1c(OC)cc(C=C(C#N)c2ccc(OC)c(OC)c2)cc1OC. The molecule has 0 bridgehead atoms. The second-order valence-electron chi connectivity index (χ2n) is 6.16. The predicted octanol–water partition coefficient (Wildman–Crippen LogP) is 3.78. The average molecular weight is 429 g/mol. The van der Waals surface area contributed by atoms with Crippen LogP contribution in [0.15, 0.2) is 30.3 Å². The van der Waals surface area contributed by atoms with Crippen LogP contribution in [-0.4, -0.2) is 55.6 Å². The maximum atomic E-state index is 9.72. The van der Waals surface area contributed by atoms with E-state index < -0.39 is 0 Å². The molecule has 2 aromatic carbocycles. The van der Waals surface area contributed by atoms with Gasteiger partial charge in [0.05, 0.1) is 53.3 Å². The Labute approximate surface area is 182 Å². The minimum atomic E-state index is 0.0142. The zero-order chi connectivity index (χ0) is 22.6. The number of nitrogens with zero attached hydrogens (tertiary/aromatic N) is 1. The lowest BCUT2D eigenvalue weighted by molar-refractivity contribution is -0.0105. The van der Waals surface area contributed by atoms with Crippen LogP contribution in [0.1, 0.15) is 11.1 Å². The van der Waals surface area contributed by atoms with Crippen LogP contribution < -0.4 is 23.7 Å². The maximum Gasteiger partial charge on any atom is 0.206 e. The van der Waals surface area contributed by atoms with Crippen molar-refractivity contribution in [3.8, 4) is 34.8 Å². The standard InChI is InChI=1S/C23H27NO7/c1-25-8-9-30-15-31-23-21(28-4)11-16(12-22(23)29-5)10-18(14-24)17-6-7-19(26-2)20(13-17)27-3/h6-7,10-13H,8-9,15H2,1-5H3. The molecule has 0 aliphatic heterocycles. The summed E-state index contributed by atoms with van der Waals surface area (Å²) < 4.78 is 37.5. The Balaban J connectivity index is 2.36. The van der Waals surface area contributed by atoms with Crippen LogP contribution in [0.5, 0.6) is 28.7 Å². The lowest BCUT2D eigenvalue weighted by Gasteiger charge is -2.15. The van der Waals surface area contributed by atoms with Crippen molar-refractivity contribution >= 4 is 11.6 Å². The molecule has 0 saturated carbocycles. The van der Waals surface area contributed by atoms with Crippen LogP contribution in [0.4, 0.5) is 0 Å². The summed E-state index contributed by atoms with van der Waals surface area (Å²) in [6.07, 6.45) is 1.73. The first-order valence-corrected chi connectivity index (χ1v) is 9.41. The molecule has 0 aliphatic rings. The Morgan fingerprint density at radius 1 is 0.839 bits per heavy atom. The Bertz CT molecular complexity index is 909. The lowest BCUT2D eigenvalue weighted by Crippen LogP contribution is -2.09. The molecule has 2 rings (SSSR count). The molecule has 0 radical (unpaired) electrons. The Morgan fingerprint density at radius 3 is 2.03 bits per heavy atom. The maximum absolute atomic E-state index is 9.72. The van der Waals surface area contributed by atoms with E-state index in [0.717, 1.165) is 0 Å². The molecular weight excluding hydrogens is 402 g/mol. The van der Waals surface area contributed by atoms with Gasteiger partial charge in [-0.3, -0.25) is 0 Å². The van der Waals surface area contributed by atoms with Crippen molar-refractivity contribution in [2.75, 3.05) is 55.6 Å².